The number of carboxylic acid groups (broad SMARTS) is 1. The zero-order valence-electron chi connectivity index (χ0n) is 15.3. The van der Waals surface area contributed by atoms with Crippen molar-refractivity contribution < 1.29 is 19.0 Å². The Morgan fingerprint density at radius 1 is 1.18 bits per heavy atom. The molecule has 0 unspecified atom stereocenters. The number of aromatic nitrogens is 1. The summed E-state index contributed by atoms with van der Waals surface area (Å²) in [5.74, 6) is -0.384. The molecule has 0 radical (unpaired) electrons. The number of aromatic carboxylic acids is 1. The molecule has 0 amide bonds. The molecule has 2 aromatic carbocycles. The number of anilines is 2. The van der Waals surface area contributed by atoms with Crippen LogP contribution in [0.3, 0.4) is 0 Å². The minimum absolute atomic E-state index is 0.0423. The summed E-state index contributed by atoms with van der Waals surface area (Å²) < 4.78 is 19.9. The number of carboxylic acids is 1. The molecule has 1 fully saturated rings. The Morgan fingerprint density at radius 2 is 1.96 bits per heavy atom. The van der Waals surface area contributed by atoms with Gasteiger partial charge in [0.15, 0.2) is 0 Å². The highest BCUT2D eigenvalue weighted by molar-refractivity contribution is 5.94. The minimum Gasteiger partial charge on any atom is -0.497 e. The van der Waals surface area contributed by atoms with Gasteiger partial charge in [0.2, 0.25) is 0 Å². The number of hydrogen-bond donors (Lipinski definition) is 2. The molecule has 0 atom stereocenters. The van der Waals surface area contributed by atoms with Gasteiger partial charge in [-0.15, -0.1) is 0 Å². The van der Waals surface area contributed by atoms with Gasteiger partial charge in [-0.3, -0.25) is 0 Å². The molecule has 3 aromatic rings. The highest BCUT2D eigenvalue weighted by atomic mass is 19.1. The Kier molecular flexibility index (Phi) is 4.69. The quantitative estimate of drug-likeness (QED) is 0.616. The maximum atomic E-state index is 14.7. The van der Waals surface area contributed by atoms with Gasteiger partial charge in [-0.25, -0.2) is 14.2 Å². The van der Waals surface area contributed by atoms with Crippen molar-refractivity contribution in [1.82, 2.24) is 4.98 Å². The summed E-state index contributed by atoms with van der Waals surface area (Å²) in [4.78, 5) is 15.8. The van der Waals surface area contributed by atoms with Crippen LogP contribution in [-0.4, -0.2) is 23.2 Å². The second kappa shape index (κ2) is 7.31. The third kappa shape index (κ3) is 3.67. The lowest BCUT2D eigenvalue weighted by Gasteiger charge is -2.12. The normalized spacial score (nSPS) is 13.2. The van der Waals surface area contributed by atoms with E-state index >= 15 is 0 Å². The van der Waals surface area contributed by atoms with Crippen molar-refractivity contribution in [3.05, 3.63) is 71.7 Å². The zero-order valence-corrected chi connectivity index (χ0v) is 15.3. The van der Waals surface area contributed by atoms with Gasteiger partial charge in [-0.2, -0.15) is 0 Å². The topological polar surface area (TPSA) is 71.5 Å². The summed E-state index contributed by atoms with van der Waals surface area (Å²) in [6.07, 6.45) is 3.76. The monoisotopic (exact) mass is 378 g/mol. The summed E-state index contributed by atoms with van der Waals surface area (Å²) >= 11 is 0. The Balaban J connectivity index is 1.63. The first-order chi connectivity index (χ1) is 13.5. The maximum absolute atomic E-state index is 14.7. The van der Waals surface area contributed by atoms with Crippen molar-refractivity contribution in [1.29, 1.82) is 0 Å². The number of carbonyl (C=O) groups is 1. The van der Waals surface area contributed by atoms with Gasteiger partial charge < -0.3 is 15.2 Å². The first-order valence-corrected chi connectivity index (χ1v) is 8.99. The summed E-state index contributed by atoms with van der Waals surface area (Å²) in [7, 11) is 1.58. The fraction of sp³-hybridized carbons (Fsp3) is 0.182. The molecular weight excluding hydrogens is 359 g/mol. The minimum atomic E-state index is -1.09. The number of hydrogen-bond acceptors (Lipinski definition) is 4. The Hall–Kier alpha value is -3.41. The number of benzene rings is 2. The van der Waals surface area contributed by atoms with Gasteiger partial charge in [-0.1, -0.05) is 18.2 Å². The van der Waals surface area contributed by atoms with E-state index < -0.39 is 11.8 Å². The lowest BCUT2D eigenvalue weighted by atomic mass is 10.0. The predicted molar refractivity (Wildman–Crippen MR) is 105 cm³/mol. The van der Waals surface area contributed by atoms with Gasteiger partial charge >= 0.3 is 5.97 Å². The smallest absolute Gasteiger partial charge is 0.339 e. The van der Waals surface area contributed by atoms with Crippen LogP contribution in [0, 0.1) is 5.82 Å². The molecule has 0 saturated heterocycles. The maximum Gasteiger partial charge on any atom is 0.339 e. The van der Waals surface area contributed by atoms with E-state index in [1.807, 2.05) is 24.3 Å². The van der Waals surface area contributed by atoms with E-state index in [1.54, 1.807) is 31.5 Å². The molecular formula is C22H19FN2O3. The summed E-state index contributed by atoms with van der Waals surface area (Å²) in [6, 6.07) is 13.7. The first kappa shape index (κ1) is 18.0. The van der Waals surface area contributed by atoms with Crippen LogP contribution in [0.2, 0.25) is 0 Å². The van der Waals surface area contributed by atoms with E-state index in [0.29, 0.717) is 17.2 Å². The third-order valence-electron chi connectivity index (χ3n) is 4.81. The van der Waals surface area contributed by atoms with E-state index in [1.165, 1.54) is 6.07 Å². The number of halogens is 1. The fourth-order valence-corrected chi connectivity index (χ4v) is 3.11. The Labute approximate surface area is 161 Å². The molecule has 1 saturated carbocycles. The summed E-state index contributed by atoms with van der Waals surface area (Å²) in [6.45, 7) is 0. The zero-order chi connectivity index (χ0) is 19.7. The van der Waals surface area contributed by atoms with E-state index in [2.05, 4.69) is 10.3 Å². The van der Waals surface area contributed by atoms with Crippen molar-refractivity contribution in [2.24, 2.45) is 0 Å². The van der Waals surface area contributed by atoms with Gasteiger partial charge in [0, 0.05) is 6.20 Å². The van der Waals surface area contributed by atoms with E-state index in [-0.39, 0.29) is 17.1 Å². The average molecular weight is 378 g/mol. The number of nitrogens with one attached hydrogen (secondary N) is 1. The van der Waals surface area contributed by atoms with Gasteiger partial charge in [0.1, 0.15) is 22.9 Å². The third-order valence-corrected chi connectivity index (χ3v) is 4.81. The first-order valence-electron chi connectivity index (χ1n) is 8.99. The van der Waals surface area contributed by atoms with Crippen molar-refractivity contribution in [3.8, 4) is 16.9 Å². The van der Waals surface area contributed by atoms with Crippen LogP contribution in [0.25, 0.3) is 11.1 Å². The Morgan fingerprint density at radius 3 is 2.64 bits per heavy atom. The van der Waals surface area contributed by atoms with Crippen LogP contribution in [-0.2, 0) is 0 Å². The Bertz CT molecular complexity index is 1050. The highest BCUT2D eigenvalue weighted by Crippen LogP contribution is 2.40. The lowest BCUT2D eigenvalue weighted by molar-refractivity contribution is 0.0697. The van der Waals surface area contributed by atoms with Crippen molar-refractivity contribution >= 4 is 17.5 Å². The molecule has 1 aliphatic carbocycles. The van der Waals surface area contributed by atoms with E-state index in [0.717, 1.165) is 24.0 Å². The molecule has 6 heteroatoms. The molecule has 1 aliphatic rings. The van der Waals surface area contributed by atoms with Crippen molar-refractivity contribution in [3.63, 3.8) is 0 Å². The number of pyridine rings is 1. The largest absolute Gasteiger partial charge is 0.497 e. The molecule has 4 rings (SSSR count). The number of methoxy groups -OCH3 is 1. The van der Waals surface area contributed by atoms with Gasteiger partial charge in [0.05, 0.1) is 12.8 Å². The average Bonchev–Trinajstić information content (AvgIpc) is 3.55. The predicted octanol–water partition coefficient (Wildman–Crippen LogP) is 5.22. The fourth-order valence-electron chi connectivity index (χ4n) is 3.11. The highest BCUT2D eigenvalue weighted by Gasteiger charge is 2.26. The molecule has 1 heterocycles. The van der Waals surface area contributed by atoms with Crippen molar-refractivity contribution in [2.75, 3.05) is 12.4 Å². The number of nitrogens with zero attached hydrogens (tertiary/aromatic N) is 1. The molecule has 1 aromatic heterocycles. The number of rotatable bonds is 6. The van der Waals surface area contributed by atoms with E-state index in [9.17, 15) is 14.3 Å². The molecule has 0 bridgehead atoms. The molecule has 0 spiro atoms. The molecule has 142 valence electrons. The molecule has 28 heavy (non-hydrogen) atoms. The molecule has 2 N–H and O–H groups in total. The van der Waals surface area contributed by atoms with Crippen LogP contribution in [0.5, 0.6) is 5.75 Å². The lowest BCUT2D eigenvalue weighted by Crippen LogP contribution is -2.07. The van der Waals surface area contributed by atoms with Gasteiger partial charge in [-0.05, 0) is 65.8 Å². The van der Waals surface area contributed by atoms with Crippen LogP contribution < -0.4 is 10.1 Å². The molecule has 0 aliphatic heterocycles. The van der Waals surface area contributed by atoms with Crippen LogP contribution >= 0.6 is 0 Å². The van der Waals surface area contributed by atoms with Crippen LogP contribution in [0.15, 0.2) is 54.7 Å². The van der Waals surface area contributed by atoms with Crippen LogP contribution in [0.1, 0.15) is 34.7 Å². The van der Waals surface area contributed by atoms with E-state index in [4.69, 9.17) is 4.74 Å². The SMILES string of the molecule is COc1cccc(-c2ccc(Nc3ncc(C4CC4)cc3C(=O)O)c(F)c2)c1. The second-order valence-electron chi connectivity index (χ2n) is 6.80. The second-order valence-corrected chi connectivity index (χ2v) is 6.80. The standard InChI is InChI=1S/C22H19FN2O3/c1-28-17-4-2-3-14(9-17)15-7-8-20(19(23)11-15)25-21-18(22(26)27)10-16(12-24-21)13-5-6-13/h2-4,7-13H,5-6H2,1H3,(H,24,25)(H,26,27). The van der Waals surface area contributed by atoms with Crippen LogP contribution in [0.4, 0.5) is 15.9 Å². The summed E-state index contributed by atoms with van der Waals surface area (Å²) in [5, 5.41) is 12.3. The number of ether oxygens (including phenoxy) is 1. The summed E-state index contributed by atoms with van der Waals surface area (Å²) in [5.41, 5.74) is 2.64. The van der Waals surface area contributed by atoms with Gasteiger partial charge in [0.25, 0.3) is 0 Å². The molecule has 5 nitrogen and oxygen atoms in total. The van der Waals surface area contributed by atoms with Crippen molar-refractivity contribution in [2.45, 2.75) is 18.8 Å².